The van der Waals surface area contributed by atoms with E-state index in [0.717, 1.165) is 83.5 Å². The maximum Gasteiger partial charge on any atom is 0.223 e. The number of amides is 2. The van der Waals surface area contributed by atoms with Gasteiger partial charge in [-0.3, -0.25) is 24.0 Å². The first-order valence-corrected chi connectivity index (χ1v) is 20.4. The Balaban J connectivity index is 4.34. The van der Waals surface area contributed by atoms with Crippen LogP contribution in [0.25, 0.3) is 0 Å². The van der Waals surface area contributed by atoms with Gasteiger partial charge in [0.2, 0.25) is 11.8 Å². The lowest BCUT2D eigenvalue weighted by molar-refractivity contribution is -0.132. The van der Waals surface area contributed by atoms with Gasteiger partial charge in [0, 0.05) is 44.1 Å². The van der Waals surface area contributed by atoms with Crippen LogP contribution in [0.5, 0.6) is 0 Å². The summed E-state index contributed by atoms with van der Waals surface area (Å²) in [4.78, 5) is 63.1. The highest BCUT2D eigenvalue weighted by molar-refractivity contribution is 5.92. The molecule has 292 valence electrons. The van der Waals surface area contributed by atoms with Crippen molar-refractivity contribution in [3.63, 3.8) is 0 Å². The lowest BCUT2D eigenvalue weighted by Crippen LogP contribution is -2.43. The van der Waals surface area contributed by atoms with Gasteiger partial charge >= 0.3 is 0 Å². The number of carbonyl (C=O) groups is 5. The highest BCUT2D eigenvalue weighted by Gasteiger charge is 2.27. The summed E-state index contributed by atoms with van der Waals surface area (Å²) in [5.41, 5.74) is 17.0. The highest BCUT2D eigenvalue weighted by atomic mass is 16.2. The topological polar surface area (TPSA) is 187 Å². The molecule has 10 heteroatoms. The standard InChI is InChI=1S/C40H77N5O5/c1-3-4-5-6-10-14-17-26-39(49)45-37(25-21-29-43)38(48)32-35(23-20-28-42)40(50)44-30-18-15-12-9-7-8-11-13-16-24-36(47)31-34(33(2)46)22-19-27-41/h34-35,37H,3-32,41-43H2,1-2H3,(H,44,50)(H,45,49). The molecule has 0 saturated heterocycles. The zero-order valence-electron chi connectivity index (χ0n) is 32.2. The molecule has 0 heterocycles. The van der Waals surface area contributed by atoms with E-state index in [4.69, 9.17) is 17.2 Å². The number of carbonyl (C=O) groups excluding carboxylic acids is 5. The molecule has 0 aromatic rings. The fourth-order valence-electron chi connectivity index (χ4n) is 6.45. The lowest BCUT2D eigenvalue weighted by atomic mass is 9.91. The van der Waals surface area contributed by atoms with Crippen molar-refractivity contribution in [2.45, 2.75) is 187 Å². The third kappa shape index (κ3) is 27.5. The number of hydrogen-bond acceptors (Lipinski definition) is 8. The summed E-state index contributed by atoms with van der Waals surface area (Å²) >= 11 is 0. The third-order valence-corrected chi connectivity index (χ3v) is 9.74. The van der Waals surface area contributed by atoms with Gasteiger partial charge in [-0.2, -0.15) is 0 Å². The minimum Gasteiger partial charge on any atom is -0.356 e. The van der Waals surface area contributed by atoms with Gasteiger partial charge in [0.1, 0.15) is 11.6 Å². The molecule has 0 spiro atoms. The Hall–Kier alpha value is -2.17. The van der Waals surface area contributed by atoms with Crippen molar-refractivity contribution in [3.05, 3.63) is 0 Å². The van der Waals surface area contributed by atoms with Crippen LogP contribution >= 0.6 is 0 Å². The van der Waals surface area contributed by atoms with E-state index >= 15 is 0 Å². The van der Waals surface area contributed by atoms with Crippen molar-refractivity contribution in [2.75, 3.05) is 26.2 Å². The van der Waals surface area contributed by atoms with E-state index in [1.54, 1.807) is 6.92 Å². The van der Waals surface area contributed by atoms with Crippen molar-refractivity contribution in [3.8, 4) is 0 Å². The van der Waals surface area contributed by atoms with E-state index in [1.165, 1.54) is 25.7 Å². The van der Waals surface area contributed by atoms with Crippen molar-refractivity contribution in [1.82, 2.24) is 10.6 Å². The molecule has 0 aliphatic carbocycles. The Morgan fingerprint density at radius 1 is 0.540 bits per heavy atom. The first-order chi connectivity index (χ1) is 24.2. The van der Waals surface area contributed by atoms with Crippen molar-refractivity contribution < 1.29 is 24.0 Å². The number of hydrogen-bond donors (Lipinski definition) is 5. The monoisotopic (exact) mass is 708 g/mol. The smallest absolute Gasteiger partial charge is 0.223 e. The number of nitrogens with one attached hydrogen (secondary N) is 2. The molecule has 0 radical (unpaired) electrons. The van der Waals surface area contributed by atoms with Gasteiger partial charge < -0.3 is 27.8 Å². The van der Waals surface area contributed by atoms with Gasteiger partial charge in [0.15, 0.2) is 5.78 Å². The molecule has 10 nitrogen and oxygen atoms in total. The number of unbranched alkanes of at least 4 members (excludes halogenated alkanes) is 14. The van der Waals surface area contributed by atoms with Gasteiger partial charge in [-0.15, -0.1) is 0 Å². The fraction of sp³-hybridized carbons (Fsp3) is 0.875. The maximum atomic E-state index is 13.3. The molecular weight excluding hydrogens is 630 g/mol. The Morgan fingerprint density at radius 3 is 1.56 bits per heavy atom. The fourth-order valence-corrected chi connectivity index (χ4v) is 6.45. The van der Waals surface area contributed by atoms with Crippen LogP contribution in [0.3, 0.4) is 0 Å². The van der Waals surface area contributed by atoms with Crippen molar-refractivity contribution >= 4 is 29.2 Å². The molecular formula is C40H77N5O5. The van der Waals surface area contributed by atoms with Crippen LogP contribution in [0.15, 0.2) is 0 Å². The molecule has 2 amide bonds. The second-order valence-corrected chi connectivity index (χ2v) is 14.4. The Kier molecular flexibility index (Phi) is 32.5. The summed E-state index contributed by atoms with van der Waals surface area (Å²) in [6.45, 7) is 5.80. The average molecular weight is 708 g/mol. The largest absolute Gasteiger partial charge is 0.356 e. The molecule has 50 heavy (non-hydrogen) atoms. The molecule has 3 unspecified atom stereocenters. The number of Topliss-reactive ketones (excluding diaryl/α,β-unsaturated/α-hetero) is 3. The summed E-state index contributed by atoms with van der Waals surface area (Å²) in [7, 11) is 0. The predicted molar refractivity (Wildman–Crippen MR) is 205 cm³/mol. The summed E-state index contributed by atoms with van der Waals surface area (Å²) in [5, 5.41) is 5.99. The predicted octanol–water partition coefficient (Wildman–Crippen LogP) is 6.59. The molecule has 0 bridgehead atoms. The average Bonchev–Trinajstić information content (AvgIpc) is 3.09. The summed E-state index contributed by atoms with van der Waals surface area (Å²) in [6.07, 6.45) is 22.7. The molecule has 0 aliphatic rings. The molecule has 0 aliphatic heterocycles. The Bertz CT molecular complexity index is 899. The van der Waals surface area contributed by atoms with E-state index in [0.29, 0.717) is 77.5 Å². The van der Waals surface area contributed by atoms with Crippen LogP contribution < -0.4 is 27.8 Å². The number of rotatable bonds is 37. The third-order valence-electron chi connectivity index (χ3n) is 9.74. The molecule has 0 aromatic carbocycles. The van der Waals surface area contributed by atoms with Gasteiger partial charge in [0.25, 0.3) is 0 Å². The van der Waals surface area contributed by atoms with E-state index in [2.05, 4.69) is 17.6 Å². The second kappa shape index (κ2) is 33.9. The minimum atomic E-state index is -0.608. The molecule has 8 N–H and O–H groups in total. The maximum absolute atomic E-state index is 13.3. The Morgan fingerprint density at radius 2 is 1.02 bits per heavy atom. The normalized spacial score (nSPS) is 13.1. The van der Waals surface area contributed by atoms with Crippen LogP contribution in [0.4, 0.5) is 0 Å². The Labute approximate surface area is 305 Å². The molecule has 0 fully saturated rings. The van der Waals surface area contributed by atoms with Crippen LogP contribution in [0, 0.1) is 11.8 Å². The van der Waals surface area contributed by atoms with Gasteiger partial charge in [-0.25, -0.2) is 0 Å². The van der Waals surface area contributed by atoms with Crippen molar-refractivity contribution in [1.29, 1.82) is 0 Å². The van der Waals surface area contributed by atoms with Gasteiger partial charge in [-0.05, 0) is 84.3 Å². The number of nitrogens with two attached hydrogens (primary N) is 3. The second-order valence-electron chi connectivity index (χ2n) is 14.4. The molecule has 0 rings (SSSR count). The van der Waals surface area contributed by atoms with E-state index in [1.807, 2.05) is 0 Å². The van der Waals surface area contributed by atoms with Gasteiger partial charge in [-0.1, -0.05) is 90.4 Å². The zero-order chi connectivity index (χ0) is 37.2. The van der Waals surface area contributed by atoms with Crippen LogP contribution in [0.1, 0.15) is 181 Å². The zero-order valence-corrected chi connectivity index (χ0v) is 32.2. The summed E-state index contributed by atoms with van der Waals surface area (Å²) in [5.74, 6) is -0.648. The lowest BCUT2D eigenvalue weighted by Gasteiger charge is -2.21. The quantitative estimate of drug-likeness (QED) is 0.0448. The van der Waals surface area contributed by atoms with Gasteiger partial charge in [0.05, 0.1) is 6.04 Å². The minimum absolute atomic E-state index is 0.0900. The first kappa shape index (κ1) is 47.8. The highest BCUT2D eigenvalue weighted by Crippen LogP contribution is 2.18. The molecule has 0 saturated carbocycles. The molecule has 0 aromatic heterocycles. The number of ketones is 3. The first-order valence-electron chi connectivity index (χ1n) is 20.4. The van der Waals surface area contributed by atoms with Crippen molar-refractivity contribution in [2.24, 2.45) is 29.0 Å². The SMILES string of the molecule is CCCCCCCCCC(=O)NC(CCCN)C(=O)CC(CCCN)C(=O)NCCCCCCCCCCCC(=O)CC(CCCN)C(C)=O. The summed E-state index contributed by atoms with van der Waals surface area (Å²) < 4.78 is 0. The summed E-state index contributed by atoms with van der Waals surface area (Å²) in [6, 6.07) is -0.608. The molecule has 3 atom stereocenters. The van der Waals surface area contributed by atoms with Crippen LogP contribution in [-0.2, 0) is 24.0 Å². The van der Waals surface area contributed by atoms with Crippen LogP contribution in [0.2, 0.25) is 0 Å². The van der Waals surface area contributed by atoms with E-state index in [9.17, 15) is 24.0 Å². The van der Waals surface area contributed by atoms with E-state index in [-0.39, 0.29) is 41.5 Å². The van der Waals surface area contributed by atoms with Crippen LogP contribution in [-0.4, -0.2) is 61.4 Å². The van der Waals surface area contributed by atoms with E-state index < -0.39 is 12.0 Å².